The monoisotopic (exact) mass is 428 g/mol. The molecule has 162 valence electrons. The SMILES string of the molecule is CCc1cc(OCC(=O)NC2CC2)cc(-c2nccc(Nc3ccc4[nH]ncc4c3)n2)c1. The summed E-state index contributed by atoms with van der Waals surface area (Å²) in [6.45, 7) is 2.08. The maximum atomic E-state index is 12.0. The number of aromatic amines is 1. The van der Waals surface area contributed by atoms with Crippen LogP contribution in [-0.4, -0.2) is 38.7 Å². The molecule has 0 atom stereocenters. The minimum Gasteiger partial charge on any atom is -0.484 e. The van der Waals surface area contributed by atoms with Crippen LogP contribution in [0.25, 0.3) is 22.3 Å². The maximum absolute atomic E-state index is 12.0. The molecule has 4 aromatic rings. The second kappa shape index (κ2) is 8.66. The third-order valence-corrected chi connectivity index (χ3v) is 5.31. The molecule has 3 N–H and O–H groups in total. The molecule has 0 spiro atoms. The molecule has 8 nitrogen and oxygen atoms in total. The number of hydrogen-bond donors (Lipinski definition) is 3. The van der Waals surface area contributed by atoms with Gasteiger partial charge in [0.1, 0.15) is 11.6 Å². The van der Waals surface area contributed by atoms with E-state index in [0.29, 0.717) is 23.4 Å². The standard InChI is InChI=1S/C24H24N6O2/c1-2-15-9-16(12-20(10-15)32-14-23(31)28-18-3-4-18)24-25-8-7-22(29-24)27-19-5-6-21-17(11-19)13-26-30-21/h5-13,18H,2-4,14H2,1H3,(H,26,30)(H,28,31)(H,25,27,29). The third-order valence-electron chi connectivity index (χ3n) is 5.31. The van der Waals surface area contributed by atoms with E-state index in [1.807, 2.05) is 42.5 Å². The number of anilines is 2. The van der Waals surface area contributed by atoms with Crippen LogP contribution in [0.5, 0.6) is 5.75 Å². The van der Waals surface area contributed by atoms with Crippen molar-refractivity contribution in [3.05, 3.63) is 60.4 Å². The number of aromatic nitrogens is 4. The van der Waals surface area contributed by atoms with Gasteiger partial charge in [0.2, 0.25) is 0 Å². The molecule has 2 aromatic heterocycles. The van der Waals surface area contributed by atoms with Crippen LogP contribution >= 0.6 is 0 Å². The van der Waals surface area contributed by atoms with Gasteiger partial charge < -0.3 is 15.4 Å². The Morgan fingerprint density at radius 2 is 2.09 bits per heavy atom. The molecule has 2 aromatic carbocycles. The lowest BCUT2D eigenvalue weighted by Crippen LogP contribution is -2.30. The molecule has 2 heterocycles. The lowest BCUT2D eigenvalue weighted by Gasteiger charge is -2.11. The van der Waals surface area contributed by atoms with Crippen LogP contribution in [0.15, 0.2) is 54.9 Å². The number of nitrogens with one attached hydrogen (secondary N) is 3. The first-order chi connectivity index (χ1) is 15.7. The van der Waals surface area contributed by atoms with Gasteiger partial charge in [-0.3, -0.25) is 9.89 Å². The highest BCUT2D eigenvalue weighted by Gasteiger charge is 2.23. The quantitative estimate of drug-likeness (QED) is 0.392. The Hall–Kier alpha value is -3.94. The van der Waals surface area contributed by atoms with E-state index in [2.05, 4.69) is 37.7 Å². The Labute approximate surface area is 185 Å². The van der Waals surface area contributed by atoms with Crippen molar-refractivity contribution in [2.75, 3.05) is 11.9 Å². The lowest BCUT2D eigenvalue weighted by molar-refractivity contribution is -0.123. The molecule has 1 aliphatic rings. The summed E-state index contributed by atoms with van der Waals surface area (Å²) in [6.07, 6.45) is 6.46. The molecule has 0 bridgehead atoms. The first kappa shape index (κ1) is 20.0. The molecular formula is C24H24N6O2. The van der Waals surface area contributed by atoms with Crippen LogP contribution < -0.4 is 15.4 Å². The van der Waals surface area contributed by atoms with E-state index in [1.165, 1.54) is 0 Å². The zero-order chi connectivity index (χ0) is 21.9. The molecule has 1 saturated carbocycles. The fourth-order valence-electron chi connectivity index (χ4n) is 3.46. The zero-order valence-electron chi connectivity index (χ0n) is 17.8. The number of fused-ring (bicyclic) bond motifs is 1. The summed E-state index contributed by atoms with van der Waals surface area (Å²) in [5.74, 6) is 1.82. The Kier molecular flexibility index (Phi) is 5.41. The molecule has 0 radical (unpaired) electrons. The van der Waals surface area contributed by atoms with Crippen molar-refractivity contribution in [3.63, 3.8) is 0 Å². The van der Waals surface area contributed by atoms with Gasteiger partial charge in [0.15, 0.2) is 12.4 Å². The number of hydrogen-bond acceptors (Lipinski definition) is 6. The minimum absolute atomic E-state index is 0.00203. The number of ether oxygens (including phenoxy) is 1. The molecule has 0 unspecified atom stereocenters. The Balaban J connectivity index is 1.35. The van der Waals surface area contributed by atoms with Crippen molar-refractivity contribution >= 4 is 28.3 Å². The summed E-state index contributed by atoms with van der Waals surface area (Å²) >= 11 is 0. The van der Waals surface area contributed by atoms with Gasteiger partial charge in [-0.05, 0) is 67.3 Å². The van der Waals surface area contributed by atoms with Crippen molar-refractivity contribution in [1.82, 2.24) is 25.5 Å². The van der Waals surface area contributed by atoms with E-state index in [-0.39, 0.29) is 12.5 Å². The second-order valence-corrected chi connectivity index (χ2v) is 7.91. The van der Waals surface area contributed by atoms with E-state index in [1.54, 1.807) is 12.4 Å². The largest absolute Gasteiger partial charge is 0.484 e. The highest BCUT2D eigenvalue weighted by Crippen LogP contribution is 2.26. The second-order valence-electron chi connectivity index (χ2n) is 7.91. The summed E-state index contributed by atoms with van der Waals surface area (Å²) in [5.41, 5.74) is 3.83. The van der Waals surface area contributed by atoms with Crippen LogP contribution in [0.4, 0.5) is 11.5 Å². The average molecular weight is 428 g/mol. The Morgan fingerprint density at radius 1 is 1.19 bits per heavy atom. The topological polar surface area (TPSA) is 105 Å². The first-order valence-electron chi connectivity index (χ1n) is 10.8. The maximum Gasteiger partial charge on any atom is 0.258 e. The van der Waals surface area contributed by atoms with Gasteiger partial charge >= 0.3 is 0 Å². The summed E-state index contributed by atoms with van der Waals surface area (Å²) in [7, 11) is 0. The Morgan fingerprint density at radius 3 is 2.94 bits per heavy atom. The van der Waals surface area contributed by atoms with Crippen LogP contribution in [0.1, 0.15) is 25.3 Å². The highest BCUT2D eigenvalue weighted by molar-refractivity contribution is 5.82. The summed E-state index contributed by atoms with van der Waals surface area (Å²) in [4.78, 5) is 21.1. The molecule has 1 aliphatic carbocycles. The van der Waals surface area contributed by atoms with Gasteiger partial charge in [-0.15, -0.1) is 0 Å². The van der Waals surface area contributed by atoms with Crippen molar-refractivity contribution in [3.8, 4) is 17.1 Å². The molecule has 1 fully saturated rings. The van der Waals surface area contributed by atoms with Gasteiger partial charge in [0.25, 0.3) is 5.91 Å². The fraction of sp³-hybridized carbons (Fsp3) is 0.250. The van der Waals surface area contributed by atoms with Gasteiger partial charge in [0.05, 0.1) is 11.7 Å². The smallest absolute Gasteiger partial charge is 0.258 e. The van der Waals surface area contributed by atoms with E-state index in [4.69, 9.17) is 4.74 Å². The Bertz CT molecular complexity index is 1260. The summed E-state index contributed by atoms with van der Waals surface area (Å²) in [5, 5.41) is 14.3. The van der Waals surface area contributed by atoms with E-state index in [0.717, 1.165) is 47.0 Å². The molecule has 5 rings (SSSR count). The van der Waals surface area contributed by atoms with Crippen molar-refractivity contribution in [1.29, 1.82) is 0 Å². The number of carbonyl (C=O) groups excluding carboxylic acids is 1. The van der Waals surface area contributed by atoms with Crippen LogP contribution in [0.3, 0.4) is 0 Å². The van der Waals surface area contributed by atoms with Crippen molar-refractivity contribution in [2.45, 2.75) is 32.2 Å². The van der Waals surface area contributed by atoms with Gasteiger partial charge in [0, 0.05) is 28.9 Å². The number of nitrogens with zero attached hydrogens (tertiary/aromatic N) is 3. The van der Waals surface area contributed by atoms with E-state index >= 15 is 0 Å². The fourth-order valence-corrected chi connectivity index (χ4v) is 3.46. The van der Waals surface area contributed by atoms with Crippen molar-refractivity contribution < 1.29 is 9.53 Å². The average Bonchev–Trinajstić information content (AvgIpc) is 3.50. The number of benzene rings is 2. The van der Waals surface area contributed by atoms with E-state index in [9.17, 15) is 4.79 Å². The zero-order valence-corrected chi connectivity index (χ0v) is 17.8. The molecule has 1 amide bonds. The van der Waals surface area contributed by atoms with E-state index < -0.39 is 0 Å². The molecule has 8 heteroatoms. The number of rotatable bonds is 8. The van der Waals surface area contributed by atoms with Gasteiger partial charge in [-0.2, -0.15) is 5.10 Å². The van der Waals surface area contributed by atoms with Crippen LogP contribution in [0, 0.1) is 0 Å². The van der Waals surface area contributed by atoms with Gasteiger partial charge in [-0.25, -0.2) is 9.97 Å². The molecular weight excluding hydrogens is 404 g/mol. The summed E-state index contributed by atoms with van der Waals surface area (Å²) < 4.78 is 5.77. The first-order valence-corrected chi connectivity index (χ1v) is 10.8. The predicted octanol–water partition coefficient (Wildman–Crippen LogP) is 3.98. The van der Waals surface area contributed by atoms with Gasteiger partial charge in [-0.1, -0.05) is 6.92 Å². The number of H-pyrrole nitrogens is 1. The molecule has 0 saturated heterocycles. The van der Waals surface area contributed by atoms with Crippen LogP contribution in [0.2, 0.25) is 0 Å². The number of carbonyl (C=O) groups is 1. The number of aryl methyl sites for hydroxylation is 1. The summed E-state index contributed by atoms with van der Waals surface area (Å²) in [6, 6.07) is 14.0. The lowest BCUT2D eigenvalue weighted by atomic mass is 10.1. The predicted molar refractivity (Wildman–Crippen MR) is 123 cm³/mol. The molecule has 0 aliphatic heterocycles. The van der Waals surface area contributed by atoms with Crippen molar-refractivity contribution in [2.24, 2.45) is 0 Å². The van der Waals surface area contributed by atoms with Crippen LogP contribution in [-0.2, 0) is 11.2 Å². The third kappa shape index (κ3) is 4.69. The minimum atomic E-state index is -0.0898. The normalized spacial score (nSPS) is 13.2. The number of amides is 1. The highest BCUT2D eigenvalue weighted by atomic mass is 16.5. The molecule has 32 heavy (non-hydrogen) atoms.